The van der Waals surface area contributed by atoms with Crippen LogP contribution in [-0.2, 0) is 28.2 Å². The number of benzene rings is 1. The van der Waals surface area contributed by atoms with E-state index in [-0.39, 0.29) is 12.1 Å². The smallest absolute Gasteiger partial charge is 0.240 e. The zero-order valence-corrected chi connectivity index (χ0v) is 16.6. The Morgan fingerprint density at radius 3 is 2.89 bits per heavy atom. The van der Waals surface area contributed by atoms with E-state index in [0.717, 1.165) is 43.5 Å². The Balaban J connectivity index is 1.59. The van der Waals surface area contributed by atoms with E-state index in [9.17, 15) is 8.42 Å². The lowest BCUT2D eigenvalue weighted by Gasteiger charge is -2.32. The summed E-state index contributed by atoms with van der Waals surface area (Å²) in [5, 5.41) is 4.19. The van der Waals surface area contributed by atoms with E-state index < -0.39 is 10.0 Å². The van der Waals surface area contributed by atoms with Crippen LogP contribution in [0.5, 0.6) is 0 Å². The summed E-state index contributed by atoms with van der Waals surface area (Å²) in [5.74, 6) is 0. The molecule has 27 heavy (non-hydrogen) atoms. The first-order chi connectivity index (χ1) is 12.9. The lowest BCUT2D eigenvalue weighted by Crippen LogP contribution is -2.42. The molecule has 4 rings (SSSR count). The minimum Gasteiger partial charge on any atom is -0.374 e. The lowest BCUT2D eigenvalue weighted by atomic mass is 9.99. The number of aryl methyl sites for hydroxylation is 2. The van der Waals surface area contributed by atoms with Gasteiger partial charge in [0.1, 0.15) is 6.10 Å². The molecule has 1 aromatic heterocycles. The van der Waals surface area contributed by atoms with Gasteiger partial charge in [-0.15, -0.1) is 0 Å². The van der Waals surface area contributed by atoms with Gasteiger partial charge in [-0.1, -0.05) is 6.07 Å². The van der Waals surface area contributed by atoms with E-state index in [0.29, 0.717) is 11.5 Å². The van der Waals surface area contributed by atoms with Crippen LogP contribution in [0.25, 0.3) is 0 Å². The maximum atomic E-state index is 13.1. The summed E-state index contributed by atoms with van der Waals surface area (Å²) in [6.45, 7) is 1.57. The molecule has 2 aliphatic rings. The number of fused-ring (bicyclic) bond motifs is 1. The van der Waals surface area contributed by atoms with E-state index in [1.807, 2.05) is 26.4 Å². The van der Waals surface area contributed by atoms with Crippen molar-refractivity contribution in [3.8, 4) is 0 Å². The van der Waals surface area contributed by atoms with Gasteiger partial charge < -0.3 is 9.64 Å². The van der Waals surface area contributed by atoms with Crippen molar-refractivity contribution < 1.29 is 13.2 Å². The van der Waals surface area contributed by atoms with Crippen molar-refractivity contribution in [3.63, 3.8) is 0 Å². The Hall–Kier alpha value is -1.90. The summed E-state index contributed by atoms with van der Waals surface area (Å²) in [6.07, 6.45) is 6.96. The highest BCUT2D eigenvalue weighted by molar-refractivity contribution is 7.89. The highest BCUT2D eigenvalue weighted by Gasteiger charge is 2.32. The average molecular weight is 391 g/mol. The molecule has 2 atom stereocenters. The van der Waals surface area contributed by atoms with Crippen LogP contribution in [0.2, 0.25) is 0 Å². The Morgan fingerprint density at radius 1 is 1.26 bits per heavy atom. The first-order valence-corrected chi connectivity index (χ1v) is 10.9. The van der Waals surface area contributed by atoms with Crippen molar-refractivity contribution in [2.75, 3.05) is 25.1 Å². The molecule has 2 aliphatic heterocycles. The summed E-state index contributed by atoms with van der Waals surface area (Å²) in [4.78, 5) is 2.44. The van der Waals surface area contributed by atoms with Crippen molar-refractivity contribution in [1.82, 2.24) is 14.5 Å². The molecule has 0 amide bonds. The Kier molecular flexibility index (Phi) is 4.96. The van der Waals surface area contributed by atoms with E-state index >= 15 is 0 Å². The normalized spacial score (nSPS) is 23.3. The second kappa shape index (κ2) is 7.26. The Labute approximate surface area is 160 Å². The van der Waals surface area contributed by atoms with E-state index in [1.54, 1.807) is 23.0 Å². The number of nitrogens with one attached hydrogen (secondary N) is 1. The van der Waals surface area contributed by atoms with Crippen molar-refractivity contribution in [1.29, 1.82) is 0 Å². The first-order valence-electron chi connectivity index (χ1n) is 9.40. The van der Waals surface area contributed by atoms with Crippen LogP contribution < -0.4 is 9.62 Å². The van der Waals surface area contributed by atoms with Gasteiger partial charge in [0, 0.05) is 44.7 Å². The Bertz CT molecular complexity index is 925. The van der Waals surface area contributed by atoms with Gasteiger partial charge in [0.15, 0.2) is 0 Å². The van der Waals surface area contributed by atoms with Crippen LogP contribution in [0.15, 0.2) is 35.5 Å². The van der Waals surface area contributed by atoms with Gasteiger partial charge in [-0.25, -0.2) is 13.1 Å². The summed E-state index contributed by atoms with van der Waals surface area (Å²) < 4.78 is 36.6. The number of hydrogen-bond acceptors (Lipinski definition) is 5. The average Bonchev–Trinajstić information content (AvgIpc) is 3.08. The van der Waals surface area contributed by atoms with Crippen LogP contribution in [0.4, 0.5) is 5.69 Å². The molecule has 0 saturated carbocycles. The minimum atomic E-state index is -3.63. The van der Waals surface area contributed by atoms with Crippen molar-refractivity contribution in [2.45, 2.75) is 42.7 Å². The van der Waals surface area contributed by atoms with Gasteiger partial charge in [0.2, 0.25) is 10.0 Å². The maximum Gasteiger partial charge on any atom is 0.240 e. The molecule has 1 N–H and O–H groups in total. The fourth-order valence-corrected chi connectivity index (χ4v) is 5.28. The van der Waals surface area contributed by atoms with Gasteiger partial charge in [-0.3, -0.25) is 4.68 Å². The first kappa shape index (κ1) is 18.5. The monoisotopic (exact) mass is 390 g/mol. The van der Waals surface area contributed by atoms with Crippen LogP contribution in [-0.4, -0.2) is 44.4 Å². The Morgan fingerprint density at radius 2 is 2.11 bits per heavy atom. The maximum absolute atomic E-state index is 13.1. The number of aromatic nitrogens is 2. The predicted octanol–water partition coefficient (Wildman–Crippen LogP) is 2.00. The van der Waals surface area contributed by atoms with E-state index in [1.165, 1.54) is 5.56 Å². The molecule has 2 aromatic rings. The molecular weight excluding hydrogens is 364 g/mol. The zero-order valence-electron chi connectivity index (χ0n) is 15.8. The summed E-state index contributed by atoms with van der Waals surface area (Å²) in [7, 11) is 0.217. The topological polar surface area (TPSA) is 76.5 Å². The van der Waals surface area contributed by atoms with Crippen molar-refractivity contribution in [3.05, 3.63) is 41.7 Å². The molecule has 0 unspecified atom stereocenters. The van der Waals surface area contributed by atoms with Gasteiger partial charge in [0.25, 0.3) is 0 Å². The second-order valence-corrected chi connectivity index (χ2v) is 9.14. The summed E-state index contributed by atoms with van der Waals surface area (Å²) >= 11 is 0. The molecule has 8 heteroatoms. The van der Waals surface area contributed by atoms with Crippen LogP contribution in [0, 0.1) is 0 Å². The quantitative estimate of drug-likeness (QED) is 0.864. The standard InChI is InChI=1S/C19H26N4O3S/c1-22-9-3-5-14-7-8-16(11-18(14)22)27(24,25)21-17-6-4-10-26-19(17)15-12-20-23(2)13-15/h7-8,11-13,17,19,21H,3-6,9-10H2,1-2H3/t17-,19+/m0/s1. The SMILES string of the molecule is CN1CCCc2ccc(S(=O)(=O)N[C@H]3CCCO[C@@H]3c3cnn(C)c3)cc21. The number of anilines is 1. The second-order valence-electron chi connectivity index (χ2n) is 7.42. The fraction of sp³-hybridized carbons (Fsp3) is 0.526. The molecule has 146 valence electrons. The van der Waals surface area contributed by atoms with Gasteiger partial charge in [-0.2, -0.15) is 5.10 Å². The molecule has 0 radical (unpaired) electrons. The lowest BCUT2D eigenvalue weighted by molar-refractivity contribution is -0.00446. The fourth-order valence-electron chi connectivity index (χ4n) is 3.99. The molecule has 0 spiro atoms. The van der Waals surface area contributed by atoms with Crippen molar-refractivity contribution in [2.24, 2.45) is 7.05 Å². The number of hydrogen-bond donors (Lipinski definition) is 1. The molecule has 3 heterocycles. The van der Waals surface area contributed by atoms with Crippen LogP contribution in [0.3, 0.4) is 0 Å². The number of nitrogens with zero attached hydrogens (tertiary/aromatic N) is 3. The van der Waals surface area contributed by atoms with Crippen molar-refractivity contribution >= 4 is 15.7 Å². The predicted molar refractivity (Wildman–Crippen MR) is 103 cm³/mol. The molecule has 1 saturated heterocycles. The largest absolute Gasteiger partial charge is 0.374 e. The number of rotatable bonds is 4. The van der Waals surface area contributed by atoms with E-state index in [2.05, 4.69) is 14.7 Å². The third-order valence-electron chi connectivity index (χ3n) is 5.40. The minimum absolute atomic E-state index is 0.304. The number of ether oxygens (including phenoxy) is 1. The third-order valence-corrected chi connectivity index (χ3v) is 6.89. The van der Waals surface area contributed by atoms with Crippen LogP contribution >= 0.6 is 0 Å². The van der Waals surface area contributed by atoms with Gasteiger partial charge in [0.05, 0.1) is 17.1 Å². The summed E-state index contributed by atoms with van der Waals surface area (Å²) in [6, 6.07) is 5.14. The summed E-state index contributed by atoms with van der Waals surface area (Å²) in [5.41, 5.74) is 3.11. The molecule has 0 bridgehead atoms. The van der Waals surface area contributed by atoms with Crippen LogP contribution in [0.1, 0.15) is 36.5 Å². The third kappa shape index (κ3) is 3.74. The highest BCUT2D eigenvalue weighted by Crippen LogP contribution is 2.31. The molecule has 1 fully saturated rings. The molecular formula is C19H26N4O3S. The van der Waals surface area contributed by atoms with Gasteiger partial charge >= 0.3 is 0 Å². The van der Waals surface area contributed by atoms with Gasteiger partial charge in [-0.05, 0) is 43.4 Å². The molecule has 0 aliphatic carbocycles. The highest BCUT2D eigenvalue weighted by atomic mass is 32.2. The van der Waals surface area contributed by atoms with E-state index in [4.69, 9.17) is 4.74 Å². The molecule has 1 aromatic carbocycles. The molecule has 7 nitrogen and oxygen atoms in total. The number of sulfonamides is 1. The zero-order chi connectivity index (χ0) is 19.0.